The Morgan fingerprint density at radius 3 is 2.73 bits per heavy atom. The molecule has 3 fully saturated rings. The lowest BCUT2D eigenvalue weighted by Gasteiger charge is -2.56. The molecule has 0 amide bonds. The first-order valence-electron chi connectivity index (χ1n) is 10.7. The van der Waals surface area contributed by atoms with Gasteiger partial charge in [-0.2, -0.15) is 0 Å². The van der Waals surface area contributed by atoms with Crippen LogP contribution in [0.3, 0.4) is 0 Å². The molecule has 148 valence electrons. The highest BCUT2D eigenvalue weighted by atomic mass is 16.3. The molecule has 26 heavy (non-hydrogen) atoms. The summed E-state index contributed by atoms with van der Waals surface area (Å²) in [5, 5.41) is 20.3. The number of hydrogen-bond donors (Lipinski definition) is 2. The fraction of sp³-hybridized carbons (Fsp3) is 0.909. The minimum Gasteiger partial charge on any atom is -0.393 e. The predicted octanol–water partition coefficient (Wildman–Crippen LogP) is 3.53. The summed E-state index contributed by atoms with van der Waals surface area (Å²) in [7, 11) is 0. The first-order valence-corrected chi connectivity index (χ1v) is 10.7. The largest absolute Gasteiger partial charge is 0.393 e. The quantitative estimate of drug-likeness (QED) is 0.756. The van der Waals surface area contributed by atoms with Crippen LogP contribution in [-0.2, 0) is 9.59 Å². The molecule has 0 bridgehead atoms. The van der Waals surface area contributed by atoms with Crippen molar-refractivity contribution in [2.45, 2.75) is 84.2 Å². The fourth-order valence-corrected chi connectivity index (χ4v) is 6.71. The van der Waals surface area contributed by atoms with Crippen molar-refractivity contribution < 1.29 is 19.8 Å². The number of aliphatic hydroxyl groups is 2. The number of rotatable bonds is 6. The number of hydrogen-bond acceptors (Lipinski definition) is 4. The van der Waals surface area contributed by atoms with Crippen LogP contribution in [0.5, 0.6) is 0 Å². The lowest BCUT2D eigenvalue weighted by atomic mass is 9.49. The van der Waals surface area contributed by atoms with Gasteiger partial charge in [0.05, 0.1) is 6.10 Å². The summed E-state index contributed by atoms with van der Waals surface area (Å²) in [4.78, 5) is 24.0. The van der Waals surface area contributed by atoms with Crippen molar-refractivity contribution in [2.75, 3.05) is 6.61 Å². The molecule has 0 aromatic rings. The van der Waals surface area contributed by atoms with Gasteiger partial charge in [-0.05, 0) is 74.0 Å². The van der Waals surface area contributed by atoms with Crippen molar-refractivity contribution in [1.29, 1.82) is 0 Å². The third-order valence-electron chi connectivity index (χ3n) is 8.11. The summed E-state index contributed by atoms with van der Waals surface area (Å²) in [6.07, 6.45) is 8.69. The number of ketones is 2. The zero-order valence-corrected chi connectivity index (χ0v) is 16.5. The molecule has 7 atom stereocenters. The first kappa shape index (κ1) is 20.0. The zero-order valence-electron chi connectivity index (χ0n) is 16.5. The molecule has 0 heterocycles. The van der Waals surface area contributed by atoms with Gasteiger partial charge >= 0.3 is 0 Å². The molecule has 0 aliphatic heterocycles. The highest BCUT2D eigenvalue weighted by molar-refractivity contribution is 5.82. The minimum absolute atomic E-state index is 0.00688. The topological polar surface area (TPSA) is 74.6 Å². The summed E-state index contributed by atoms with van der Waals surface area (Å²) < 4.78 is 0. The molecule has 3 rings (SSSR count). The average Bonchev–Trinajstić information content (AvgIpc) is 3.10. The summed E-state index contributed by atoms with van der Waals surface area (Å²) in [6, 6.07) is 0. The van der Waals surface area contributed by atoms with Crippen molar-refractivity contribution in [3.63, 3.8) is 0 Å². The Labute approximate surface area is 157 Å². The van der Waals surface area contributed by atoms with E-state index in [0.717, 1.165) is 51.4 Å². The SMILES string of the molecule is CCC[C@H](O)[C@H]1[C@H]([C@@H]2CCC(C(=O)CO)C2)CC[C@H]2CC(=O)CC[C@@]21C. The second-order valence-electron chi connectivity index (χ2n) is 9.46. The Kier molecular flexibility index (Phi) is 6.23. The van der Waals surface area contributed by atoms with Crippen LogP contribution in [0, 0.1) is 35.0 Å². The van der Waals surface area contributed by atoms with E-state index in [4.69, 9.17) is 0 Å². The lowest BCUT2D eigenvalue weighted by molar-refractivity contribution is -0.141. The molecule has 2 N–H and O–H groups in total. The van der Waals surface area contributed by atoms with E-state index in [-0.39, 0.29) is 35.7 Å². The molecule has 0 aromatic heterocycles. The third kappa shape index (κ3) is 3.64. The van der Waals surface area contributed by atoms with Crippen LogP contribution in [0.2, 0.25) is 0 Å². The van der Waals surface area contributed by atoms with Crippen LogP contribution < -0.4 is 0 Å². The van der Waals surface area contributed by atoms with E-state index in [2.05, 4.69) is 13.8 Å². The maximum atomic E-state index is 12.0. The summed E-state index contributed by atoms with van der Waals surface area (Å²) >= 11 is 0. The highest BCUT2D eigenvalue weighted by Gasteiger charge is 2.54. The Bertz CT molecular complexity index is 530. The molecule has 0 saturated heterocycles. The monoisotopic (exact) mass is 364 g/mol. The number of carbonyl (C=O) groups excluding carboxylic acids is 2. The minimum atomic E-state index is -0.341. The smallest absolute Gasteiger partial charge is 0.161 e. The Hall–Kier alpha value is -0.740. The van der Waals surface area contributed by atoms with Crippen LogP contribution in [0.4, 0.5) is 0 Å². The van der Waals surface area contributed by atoms with E-state index in [9.17, 15) is 19.8 Å². The lowest BCUT2D eigenvalue weighted by Crippen LogP contribution is -2.53. The van der Waals surface area contributed by atoms with Crippen molar-refractivity contribution in [2.24, 2.45) is 35.0 Å². The molecule has 3 aliphatic rings. The van der Waals surface area contributed by atoms with Gasteiger partial charge in [0, 0.05) is 18.8 Å². The van der Waals surface area contributed by atoms with Crippen LogP contribution in [0.1, 0.15) is 78.1 Å². The molecule has 0 spiro atoms. The molecule has 4 heteroatoms. The molecular formula is C22H36O4. The van der Waals surface area contributed by atoms with Crippen LogP contribution in [0.25, 0.3) is 0 Å². The number of Topliss-reactive ketones (excluding diaryl/α,β-unsaturated/α-hetero) is 2. The number of carbonyl (C=O) groups is 2. The van der Waals surface area contributed by atoms with Gasteiger partial charge in [-0.15, -0.1) is 0 Å². The summed E-state index contributed by atoms with van der Waals surface area (Å²) in [6.45, 7) is 4.10. The predicted molar refractivity (Wildman–Crippen MR) is 101 cm³/mol. The van der Waals surface area contributed by atoms with Gasteiger partial charge in [0.2, 0.25) is 0 Å². The third-order valence-corrected chi connectivity index (χ3v) is 8.11. The van der Waals surface area contributed by atoms with E-state index >= 15 is 0 Å². The Balaban J connectivity index is 1.82. The van der Waals surface area contributed by atoms with Gasteiger partial charge in [0.15, 0.2) is 5.78 Å². The molecule has 4 nitrogen and oxygen atoms in total. The van der Waals surface area contributed by atoms with E-state index in [1.54, 1.807) is 0 Å². The summed E-state index contributed by atoms with van der Waals surface area (Å²) in [5.41, 5.74) is 0.0461. The zero-order chi connectivity index (χ0) is 18.9. The van der Waals surface area contributed by atoms with Crippen molar-refractivity contribution in [1.82, 2.24) is 0 Å². The molecule has 3 saturated carbocycles. The molecule has 0 aromatic carbocycles. The van der Waals surface area contributed by atoms with Gasteiger partial charge < -0.3 is 10.2 Å². The molecular weight excluding hydrogens is 328 g/mol. The van der Waals surface area contributed by atoms with Crippen molar-refractivity contribution >= 4 is 11.6 Å². The Morgan fingerprint density at radius 2 is 2.04 bits per heavy atom. The van der Waals surface area contributed by atoms with Crippen molar-refractivity contribution in [3.8, 4) is 0 Å². The second kappa shape index (κ2) is 8.10. The van der Waals surface area contributed by atoms with E-state index in [1.165, 1.54) is 0 Å². The summed E-state index contributed by atoms with van der Waals surface area (Å²) in [5.74, 6) is 1.96. The average molecular weight is 365 g/mol. The van der Waals surface area contributed by atoms with Gasteiger partial charge in [-0.1, -0.05) is 20.3 Å². The first-order chi connectivity index (χ1) is 12.4. The number of aliphatic hydroxyl groups excluding tert-OH is 2. The fourth-order valence-electron chi connectivity index (χ4n) is 6.71. The van der Waals surface area contributed by atoms with Gasteiger partial charge in [-0.3, -0.25) is 9.59 Å². The van der Waals surface area contributed by atoms with E-state index < -0.39 is 0 Å². The molecule has 0 radical (unpaired) electrons. The van der Waals surface area contributed by atoms with Gasteiger partial charge in [0.25, 0.3) is 0 Å². The maximum absolute atomic E-state index is 12.0. The van der Waals surface area contributed by atoms with Crippen LogP contribution >= 0.6 is 0 Å². The molecule has 3 aliphatic carbocycles. The maximum Gasteiger partial charge on any atom is 0.161 e. The second-order valence-corrected chi connectivity index (χ2v) is 9.46. The van der Waals surface area contributed by atoms with Crippen molar-refractivity contribution in [3.05, 3.63) is 0 Å². The van der Waals surface area contributed by atoms with E-state index in [1.807, 2.05) is 0 Å². The van der Waals surface area contributed by atoms with Crippen LogP contribution in [0.15, 0.2) is 0 Å². The highest BCUT2D eigenvalue weighted by Crippen LogP contribution is 2.59. The van der Waals surface area contributed by atoms with Gasteiger partial charge in [-0.25, -0.2) is 0 Å². The number of fused-ring (bicyclic) bond motifs is 1. The van der Waals surface area contributed by atoms with Gasteiger partial charge in [0.1, 0.15) is 12.4 Å². The molecule has 1 unspecified atom stereocenters. The normalized spacial score (nSPS) is 41.7. The standard InChI is InChI=1S/C22H36O4/c1-3-4-19(25)21-18(14-5-6-15(11-14)20(26)13-23)8-7-16-12-17(24)9-10-22(16,21)2/h14-16,18-19,21,23,25H,3-13H2,1-2H3/t14-,15?,16+,18+,19+,21-,22+/m1/s1. The van der Waals surface area contributed by atoms with E-state index in [0.29, 0.717) is 36.4 Å². The van der Waals surface area contributed by atoms with Crippen LogP contribution in [-0.4, -0.2) is 34.5 Å². The Morgan fingerprint density at radius 1 is 1.27 bits per heavy atom.